The summed E-state index contributed by atoms with van der Waals surface area (Å²) in [5, 5.41) is 12.3. The minimum Gasteiger partial charge on any atom is -0.476 e. The third kappa shape index (κ3) is 4.42. The van der Waals surface area contributed by atoms with E-state index >= 15 is 0 Å². The molecule has 0 aliphatic carbocycles. The van der Waals surface area contributed by atoms with Crippen molar-refractivity contribution in [1.82, 2.24) is 15.3 Å². The van der Waals surface area contributed by atoms with E-state index in [9.17, 15) is 10.1 Å². The number of carbonyl (C=O) groups is 1. The van der Waals surface area contributed by atoms with Crippen molar-refractivity contribution in [3.63, 3.8) is 0 Å². The molecular weight excluding hydrogens is 344 g/mol. The van der Waals surface area contributed by atoms with E-state index in [2.05, 4.69) is 15.3 Å². The molecule has 138 valence electrons. The second kappa shape index (κ2) is 8.32. The minimum atomic E-state index is -1.14. The van der Waals surface area contributed by atoms with E-state index in [-0.39, 0.29) is 24.0 Å². The van der Waals surface area contributed by atoms with E-state index in [0.29, 0.717) is 23.4 Å². The predicted molar refractivity (Wildman–Crippen MR) is 98.8 cm³/mol. The molecular formula is C20H20N4O3. The highest BCUT2D eigenvalue weighted by molar-refractivity contribution is 5.87. The van der Waals surface area contributed by atoms with Crippen molar-refractivity contribution in [3.05, 3.63) is 54.1 Å². The smallest absolute Gasteiger partial charge is 0.244 e. The Kier molecular flexibility index (Phi) is 5.67. The summed E-state index contributed by atoms with van der Waals surface area (Å²) in [6.45, 7) is 4.61. The minimum absolute atomic E-state index is 0.188. The Hall–Kier alpha value is -3.40. The lowest BCUT2D eigenvalue weighted by molar-refractivity contribution is -0.121. The van der Waals surface area contributed by atoms with Crippen LogP contribution in [-0.2, 0) is 11.3 Å². The van der Waals surface area contributed by atoms with Crippen LogP contribution in [0.3, 0.4) is 0 Å². The van der Waals surface area contributed by atoms with Crippen molar-refractivity contribution < 1.29 is 13.9 Å². The highest BCUT2D eigenvalue weighted by Crippen LogP contribution is 2.26. The van der Waals surface area contributed by atoms with Gasteiger partial charge in [0.05, 0.1) is 36.5 Å². The molecule has 1 N–H and O–H groups in total. The number of aromatic nitrogens is 2. The van der Waals surface area contributed by atoms with Crippen LogP contribution >= 0.6 is 0 Å². The third-order valence-corrected chi connectivity index (χ3v) is 3.80. The number of benzene rings is 1. The van der Waals surface area contributed by atoms with Crippen molar-refractivity contribution in [2.24, 2.45) is 5.92 Å². The number of nitriles is 1. The zero-order valence-electron chi connectivity index (χ0n) is 15.2. The van der Waals surface area contributed by atoms with E-state index < -0.39 is 11.8 Å². The molecule has 2 aromatic heterocycles. The number of rotatable bonds is 7. The third-order valence-electron chi connectivity index (χ3n) is 3.80. The maximum Gasteiger partial charge on any atom is 0.244 e. The standard InChI is InChI=1S/C20H20N4O3/c1-13(2)12-27-20-18(23-16-7-3-4-8-17(16)24-20)15(10-21)19(25)22-11-14-6-5-9-26-14/h3-9,13,15H,11-12H2,1-2H3,(H,22,25)/t15-/m1/s1. The van der Waals surface area contributed by atoms with E-state index in [0.717, 1.165) is 0 Å². The lowest BCUT2D eigenvalue weighted by Gasteiger charge is -2.15. The molecule has 7 heteroatoms. The van der Waals surface area contributed by atoms with Crippen LogP contribution in [0.5, 0.6) is 5.88 Å². The molecule has 0 saturated heterocycles. The number of ether oxygens (including phenoxy) is 1. The molecule has 27 heavy (non-hydrogen) atoms. The Morgan fingerprint density at radius 3 is 2.59 bits per heavy atom. The summed E-state index contributed by atoms with van der Waals surface area (Å²) in [4.78, 5) is 21.6. The van der Waals surface area contributed by atoms with Crippen LogP contribution in [0.1, 0.15) is 31.2 Å². The maximum atomic E-state index is 12.6. The fourth-order valence-corrected chi connectivity index (χ4v) is 2.47. The van der Waals surface area contributed by atoms with Crippen LogP contribution in [0.2, 0.25) is 0 Å². The SMILES string of the molecule is CC(C)COc1nc2ccccc2nc1[C@@H](C#N)C(=O)NCc1ccco1. The molecule has 0 unspecified atom stereocenters. The van der Waals surface area contributed by atoms with Gasteiger partial charge in [-0.05, 0) is 30.2 Å². The Morgan fingerprint density at radius 1 is 1.22 bits per heavy atom. The van der Waals surface area contributed by atoms with Crippen LogP contribution in [0, 0.1) is 17.2 Å². The van der Waals surface area contributed by atoms with Gasteiger partial charge >= 0.3 is 0 Å². The van der Waals surface area contributed by atoms with Gasteiger partial charge in [0, 0.05) is 0 Å². The summed E-state index contributed by atoms with van der Waals surface area (Å²) in [5.74, 6) is -0.547. The first-order valence-electron chi connectivity index (χ1n) is 8.67. The van der Waals surface area contributed by atoms with Crippen LogP contribution in [0.25, 0.3) is 11.0 Å². The Labute approximate surface area is 157 Å². The monoisotopic (exact) mass is 364 g/mol. The first-order valence-corrected chi connectivity index (χ1v) is 8.67. The number of fused-ring (bicyclic) bond motifs is 1. The molecule has 7 nitrogen and oxygen atoms in total. The largest absolute Gasteiger partial charge is 0.476 e. The predicted octanol–water partition coefficient (Wildman–Crippen LogP) is 3.18. The molecule has 1 amide bonds. The number of carbonyl (C=O) groups excluding carboxylic acids is 1. The van der Waals surface area contributed by atoms with Gasteiger partial charge in [-0.25, -0.2) is 9.97 Å². The molecule has 1 aromatic carbocycles. The Balaban J connectivity index is 1.91. The molecule has 2 heterocycles. The summed E-state index contributed by atoms with van der Waals surface area (Å²) < 4.78 is 11.0. The number of furan rings is 1. The quantitative estimate of drug-likeness (QED) is 0.691. The fourth-order valence-electron chi connectivity index (χ4n) is 2.47. The number of nitrogens with zero attached hydrogens (tertiary/aromatic N) is 3. The van der Waals surface area contributed by atoms with Crippen LogP contribution in [-0.4, -0.2) is 22.5 Å². The highest BCUT2D eigenvalue weighted by atomic mass is 16.5. The van der Waals surface area contributed by atoms with Gasteiger partial charge in [-0.15, -0.1) is 0 Å². The summed E-state index contributed by atoms with van der Waals surface area (Å²) >= 11 is 0. The average Bonchev–Trinajstić information content (AvgIpc) is 3.18. The van der Waals surface area contributed by atoms with Crippen LogP contribution in [0.15, 0.2) is 47.1 Å². The molecule has 3 aromatic rings. The Morgan fingerprint density at radius 2 is 1.96 bits per heavy atom. The highest BCUT2D eigenvalue weighted by Gasteiger charge is 2.27. The van der Waals surface area contributed by atoms with Gasteiger partial charge in [-0.3, -0.25) is 4.79 Å². The molecule has 0 bridgehead atoms. The van der Waals surface area contributed by atoms with Crippen molar-refractivity contribution >= 4 is 16.9 Å². The normalized spacial score (nSPS) is 11.9. The number of nitrogens with one attached hydrogen (secondary N) is 1. The summed E-state index contributed by atoms with van der Waals surface area (Å²) in [5.41, 5.74) is 1.46. The van der Waals surface area contributed by atoms with Gasteiger partial charge < -0.3 is 14.5 Å². The van der Waals surface area contributed by atoms with E-state index in [4.69, 9.17) is 9.15 Å². The molecule has 0 fully saturated rings. The molecule has 0 saturated carbocycles. The van der Waals surface area contributed by atoms with Crippen LogP contribution < -0.4 is 10.1 Å². The maximum absolute atomic E-state index is 12.6. The fraction of sp³-hybridized carbons (Fsp3) is 0.300. The van der Waals surface area contributed by atoms with Gasteiger partial charge in [-0.2, -0.15) is 5.26 Å². The van der Waals surface area contributed by atoms with Gasteiger partial charge in [-0.1, -0.05) is 26.0 Å². The van der Waals surface area contributed by atoms with Gasteiger partial charge in [0.1, 0.15) is 11.5 Å². The number of hydrogen-bond acceptors (Lipinski definition) is 6. The summed E-state index contributed by atoms with van der Waals surface area (Å²) in [6.07, 6.45) is 1.52. The lowest BCUT2D eigenvalue weighted by Crippen LogP contribution is -2.29. The topological polar surface area (TPSA) is 101 Å². The van der Waals surface area contributed by atoms with Gasteiger partial charge in [0.15, 0.2) is 5.92 Å². The van der Waals surface area contributed by atoms with Crippen LogP contribution in [0.4, 0.5) is 0 Å². The van der Waals surface area contributed by atoms with Crippen molar-refractivity contribution in [3.8, 4) is 11.9 Å². The lowest BCUT2D eigenvalue weighted by atomic mass is 10.1. The van der Waals surface area contributed by atoms with E-state index in [1.54, 1.807) is 18.2 Å². The molecule has 0 aliphatic heterocycles. The molecule has 0 aliphatic rings. The van der Waals surface area contributed by atoms with Crippen molar-refractivity contribution in [2.45, 2.75) is 26.3 Å². The number of hydrogen-bond donors (Lipinski definition) is 1. The average molecular weight is 364 g/mol. The zero-order valence-corrected chi connectivity index (χ0v) is 15.2. The Bertz CT molecular complexity index is 961. The molecule has 1 atom stereocenters. The molecule has 0 radical (unpaired) electrons. The van der Waals surface area contributed by atoms with E-state index in [1.165, 1.54) is 6.26 Å². The number of para-hydroxylation sites is 2. The van der Waals surface area contributed by atoms with Gasteiger partial charge in [0.2, 0.25) is 11.8 Å². The summed E-state index contributed by atoms with van der Waals surface area (Å²) in [6, 6.07) is 12.8. The second-order valence-corrected chi connectivity index (χ2v) is 6.47. The van der Waals surface area contributed by atoms with Crippen molar-refractivity contribution in [1.29, 1.82) is 5.26 Å². The van der Waals surface area contributed by atoms with E-state index in [1.807, 2.05) is 38.1 Å². The molecule has 3 rings (SSSR count). The first kappa shape index (κ1) is 18.4. The number of amides is 1. The van der Waals surface area contributed by atoms with Gasteiger partial charge in [0.25, 0.3) is 0 Å². The zero-order chi connectivity index (χ0) is 19.2. The van der Waals surface area contributed by atoms with Crippen molar-refractivity contribution in [2.75, 3.05) is 6.61 Å². The first-order chi connectivity index (χ1) is 13.1. The second-order valence-electron chi connectivity index (χ2n) is 6.47. The molecule has 0 spiro atoms. The summed E-state index contributed by atoms with van der Waals surface area (Å²) in [7, 11) is 0.